The maximum atomic E-state index is 6.48. The molecule has 2 saturated heterocycles. The quantitative estimate of drug-likeness (QED) is 0.586. The summed E-state index contributed by atoms with van der Waals surface area (Å²) in [6.07, 6.45) is 1.95. The maximum absolute atomic E-state index is 6.48. The highest BCUT2D eigenvalue weighted by molar-refractivity contribution is 5.81. The van der Waals surface area contributed by atoms with Gasteiger partial charge in [0.1, 0.15) is 30.2 Å². The van der Waals surface area contributed by atoms with Gasteiger partial charge in [-0.25, -0.2) is 15.0 Å². The molecule has 2 aliphatic rings. The average molecular weight is 440 g/mol. The van der Waals surface area contributed by atoms with Gasteiger partial charge >= 0.3 is 0 Å². The summed E-state index contributed by atoms with van der Waals surface area (Å²) in [5.41, 5.74) is 15.4. The van der Waals surface area contributed by atoms with Crippen LogP contribution in [0.4, 0.5) is 5.82 Å². The Hall–Kier alpha value is -2.63. The molecular weight excluding hydrogens is 410 g/mol. The summed E-state index contributed by atoms with van der Waals surface area (Å²) in [7, 11) is 2.07. The molecule has 32 heavy (non-hydrogen) atoms. The molecule has 4 heterocycles. The Bertz CT molecular complexity index is 1120. The zero-order chi connectivity index (χ0) is 22.5. The smallest absolute Gasteiger partial charge is 0.167 e. The monoisotopic (exact) mass is 439 g/mol. The highest BCUT2D eigenvalue weighted by atomic mass is 16.8. The van der Waals surface area contributed by atoms with Crippen molar-refractivity contribution < 1.29 is 14.2 Å². The van der Waals surface area contributed by atoms with Gasteiger partial charge in [0.2, 0.25) is 0 Å². The van der Waals surface area contributed by atoms with E-state index in [2.05, 4.69) is 39.0 Å². The van der Waals surface area contributed by atoms with Crippen LogP contribution in [0.2, 0.25) is 0 Å². The number of hydrogen-bond donors (Lipinski definition) is 2. The number of aromatic nitrogens is 4. The van der Waals surface area contributed by atoms with Gasteiger partial charge in [-0.05, 0) is 32.0 Å². The molecule has 10 heteroatoms. The summed E-state index contributed by atoms with van der Waals surface area (Å²) >= 11 is 0. The number of nitrogens with two attached hydrogens (primary N) is 2. The Morgan fingerprint density at radius 3 is 2.62 bits per heavy atom. The van der Waals surface area contributed by atoms with E-state index in [1.54, 1.807) is 6.33 Å². The molecule has 2 fully saturated rings. The molecule has 2 aromatic heterocycles. The third-order valence-corrected chi connectivity index (χ3v) is 6.06. The number of anilines is 1. The first kappa shape index (κ1) is 21.2. The summed E-state index contributed by atoms with van der Waals surface area (Å²) in [6, 6.07) is 8.22. The Morgan fingerprint density at radius 1 is 1.09 bits per heavy atom. The van der Waals surface area contributed by atoms with Crippen molar-refractivity contribution in [2.75, 3.05) is 19.3 Å². The number of imidazole rings is 1. The minimum Gasteiger partial charge on any atom is -0.382 e. The molecule has 4 atom stereocenters. The van der Waals surface area contributed by atoms with Gasteiger partial charge in [-0.3, -0.25) is 9.47 Å². The van der Waals surface area contributed by atoms with Crippen LogP contribution in [-0.2, 0) is 27.3 Å². The lowest BCUT2D eigenvalue weighted by atomic mass is 10.1. The molecule has 0 spiro atoms. The van der Waals surface area contributed by atoms with E-state index in [-0.39, 0.29) is 18.3 Å². The molecule has 0 radical (unpaired) electrons. The van der Waals surface area contributed by atoms with Crippen molar-refractivity contribution in [3.8, 4) is 0 Å². The summed E-state index contributed by atoms with van der Waals surface area (Å²) < 4.78 is 20.9. The fourth-order valence-electron chi connectivity index (χ4n) is 4.66. The van der Waals surface area contributed by atoms with E-state index in [4.69, 9.17) is 25.7 Å². The highest BCUT2D eigenvalue weighted by Gasteiger charge is 2.56. The third kappa shape index (κ3) is 3.74. The highest BCUT2D eigenvalue weighted by Crippen LogP contribution is 2.44. The number of likely N-dealkylation sites (N-methyl/N-ethyl adjacent to an activating group) is 1. The lowest BCUT2D eigenvalue weighted by Crippen LogP contribution is -2.38. The second-order valence-electron chi connectivity index (χ2n) is 8.88. The zero-order valence-corrected chi connectivity index (χ0v) is 18.5. The number of nitrogens with zero attached hydrogens (tertiary/aromatic N) is 5. The fourth-order valence-corrected chi connectivity index (χ4v) is 4.66. The van der Waals surface area contributed by atoms with E-state index in [0.717, 1.165) is 12.1 Å². The molecule has 170 valence electrons. The SMILES string of the molecule is CN(Cc1ccccc1CN)C[C@H]1O[C@@H](n2cnc3c(N)ncnc32)[C@@H]2OC(C)(C)O[C@@H]21. The minimum absolute atomic E-state index is 0.196. The summed E-state index contributed by atoms with van der Waals surface area (Å²) in [5.74, 6) is -0.368. The van der Waals surface area contributed by atoms with Crippen molar-refractivity contribution in [2.45, 2.75) is 57.3 Å². The largest absolute Gasteiger partial charge is 0.382 e. The molecule has 10 nitrogen and oxygen atoms in total. The summed E-state index contributed by atoms with van der Waals surface area (Å²) in [4.78, 5) is 15.0. The molecule has 1 aromatic carbocycles. The van der Waals surface area contributed by atoms with Crippen LogP contribution in [0.5, 0.6) is 0 Å². The van der Waals surface area contributed by atoms with E-state index in [1.165, 1.54) is 11.9 Å². The molecule has 0 bridgehead atoms. The van der Waals surface area contributed by atoms with Gasteiger partial charge in [0, 0.05) is 19.6 Å². The van der Waals surface area contributed by atoms with Gasteiger partial charge in [0.25, 0.3) is 0 Å². The van der Waals surface area contributed by atoms with E-state index in [0.29, 0.717) is 30.1 Å². The topological polar surface area (TPSA) is 127 Å². The van der Waals surface area contributed by atoms with E-state index >= 15 is 0 Å². The fraction of sp³-hybridized carbons (Fsp3) is 0.500. The molecule has 0 amide bonds. The molecular formula is C22H29N7O3. The summed E-state index contributed by atoms with van der Waals surface area (Å²) in [6.45, 7) is 5.79. The molecule has 0 saturated carbocycles. The molecule has 0 aliphatic carbocycles. The van der Waals surface area contributed by atoms with Crippen LogP contribution in [0.1, 0.15) is 31.2 Å². The number of hydrogen-bond acceptors (Lipinski definition) is 9. The molecule has 5 rings (SSSR count). The average Bonchev–Trinajstić information content (AvgIpc) is 3.41. The van der Waals surface area contributed by atoms with E-state index < -0.39 is 12.0 Å². The number of nitrogen functional groups attached to an aromatic ring is 1. The van der Waals surface area contributed by atoms with Crippen molar-refractivity contribution in [3.63, 3.8) is 0 Å². The second-order valence-corrected chi connectivity index (χ2v) is 8.88. The van der Waals surface area contributed by atoms with Crippen molar-refractivity contribution in [2.24, 2.45) is 5.73 Å². The third-order valence-electron chi connectivity index (χ3n) is 6.06. The predicted octanol–water partition coefficient (Wildman–Crippen LogP) is 1.42. The Morgan fingerprint density at radius 2 is 1.84 bits per heavy atom. The van der Waals surface area contributed by atoms with Crippen LogP contribution in [0.3, 0.4) is 0 Å². The van der Waals surface area contributed by atoms with Crippen LogP contribution < -0.4 is 11.5 Å². The first-order valence-electron chi connectivity index (χ1n) is 10.8. The van der Waals surface area contributed by atoms with Crippen molar-refractivity contribution in [1.29, 1.82) is 0 Å². The lowest BCUT2D eigenvalue weighted by Gasteiger charge is -2.27. The predicted molar refractivity (Wildman–Crippen MR) is 118 cm³/mol. The Labute approximate surface area is 186 Å². The first-order valence-corrected chi connectivity index (χ1v) is 10.8. The number of fused-ring (bicyclic) bond motifs is 2. The van der Waals surface area contributed by atoms with Gasteiger partial charge in [-0.1, -0.05) is 24.3 Å². The number of rotatable bonds is 6. The number of ether oxygens (including phenoxy) is 3. The first-order chi connectivity index (χ1) is 15.4. The van der Waals surface area contributed by atoms with Crippen LogP contribution in [0.25, 0.3) is 11.2 Å². The molecule has 0 unspecified atom stereocenters. The summed E-state index contributed by atoms with van der Waals surface area (Å²) in [5, 5.41) is 0. The van der Waals surface area contributed by atoms with Gasteiger partial charge in [0.05, 0.1) is 6.33 Å². The van der Waals surface area contributed by atoms with Crippen LogP contribution in [-0.4, -0.2) is 62.1 Å². The van der Waals surface area contributed by atoms with Crippen LogP contribution >= 0.6 is 0 Å². The zero-order valence-electron chi connectivity index (χ0n) is 18.5. The van der Waals surface area contributed by atoms with Crippen LogP contribution in [0.15, 0.2) is 36.9 Å². The Balaban J connectivity index is 1.39. The standard InChI is InChI=1S/C22H29N7O3/c1-22(2)31-17-15(10-28(3)9-14-7-5-4-6-13(14)8-23)30-21(18(17)32-22)29-12-27-16-19(24)25-11-26-20(16)29/h4-7,11-12,15,17-18,21H,8-10,23H2,1-3H3,(H2,24,25,26)/t15-,17-,18-,21-/m1/s1. The molecule has 4 N–H and O–H groups in total. The van der Waals surface area contributed by atoms with Gasteiger partial charge in [0.15, 0.2) is 23.5 Å². The van der Waals surface area contributed by atoms with E-state index in [9.17, 15) is 0 Å². The van der Waals surface area contributed by atoms with Crippen molar-refractivity contribution >= 4 is 17.0 Å². The second kappa shape index (κ2) is 8.05. The molecule has 3 aromatic rings. The van der Waals surface area contributed by atoms with Gasteiger partial charge in [-0.15, -0.1) is 0 Å². The lowest BCUT2D eigenvalue weighted by molar-refractivity contribution is -0.197. The molecule has 2 aliphatic heterocycles. The van der Waals surface area contributed by atoms with Gasteiger partial charge in [-0.2, -0.15) is 0 Å². The normalized spacial score (nSPS) is 26.8. The van der Waals surface area contributed by atoms with Crippen molar-refractivity contribution in [1.82, 2.24) is 24.4 Å². The number of benzene rings is 1. The Kier molecular flexibility index (Phi) is 5.34. The van der Waals surface area contributed by atoms with Crippen LogP contribution in [0, 0.1) is 0 Å². The van der Waals surface area contributed by atoms with Crippen molar-refractivity contribution in [3.05, 3.63) is 48.0 Å². The minimum atomic E-state index is -0.704. The van der Waals surface area contributed by atoms with E-state index in [1.807, 2.05) is 30.5 Å². The maximum Gasteiger partial charge on any atom is 0.167 e. The van der Waals surface area contributed by atoms with Gasteiger partial charge < -0.3 is 25.7 Å².